The van der Waals surface area contributed by atoms with Gasteiger partial charge < -0.3 is 14.2 Å². The fourth-order valence-corrected chi connectivity index (χ4v) is 9.57. The molecule has 0 fully saturated rings. The van der Waals surface area contributed by atoms with E-state index in [-0.39, 0.29) is 31.1 Å². The first-order valence-electron chi connectivity index (χ1n) is 32.9. The number of rotatable bonds is 60. The Bertz CT molecular complexity index is 1400. The SMILES string of the molecule is CC/C=C\C/C=C\C/C=C\C/C=C\C/C=C\C/C=C\CCCCCCCCCCC(=O)OCC(COC(=O)CCCCCCCCCCCCCC)OC(=O)CCCCCCCCCCCCCCCCCCCCC. The van der Waals surface area contributed by atoms with Gasteiger partial charge in [0.25, 0.3) is 0 Å². The number of allylic oxidation sites excluding steroid dienone is 12. The van der Waals surface area contributed by atoms with E-state index in [2.05, 4.69) is 93.7 Å². The normalized spacial score (nSPS) is 12.5. The van der Waals surface area contributed by atoms with Gasteiger partial charge in [0.05, 0.1) is 0 Å². The van der Waals surface area contributed by atoms with E-state index in [0.717, 1.165) is 103 Å². The average Bonchev–Trinajstić information content (AvgIpc) is 3.42. The lowest BCUT2D eigenvalue weighted by molar-refractivity contribution is -0.167. The first-order valence-corrected chi connectivity index (χ1v) is 32.9. The van der Waals surface area contributed by atoms with E-state index in [1.165, 1.54) is 193 Å². The molecule has 0 heterocycles. The molecule has 0 rings (SSSR count). The van der Waals surface area contributed by atoms with Crippen molar-refractivity contribution in [3.05, 3.63) is 72.9 Å². The van der Waals surface area contributed by atoms with Gasteiger partial charge in [0.15, 0.2) is 6.10 Å². The second-order valence-corrected chi connectivity index (χ2v) is 22.0. The molecule has 0 bridgehead atoms. The van der Waals surface area contributed by atoms with Crippen LogP contribution in [-0.4, -0.2) is 37.2 Å². The van der Waals surface area contributed by atoms with Crippen LogP contribution in [-0.2, 0) is 28.6 Å². The zero-order chi connectivity index (χ0) is 55.0. The lowest BCUT2D eigenvalue weighted by Gasteiger charge is -2.18. The summed E-state index contributed by atoms with van der Waals surface area (Å²) in [6.07, 6.45) is 83.4. The van der Waals surface area contributed by atoms with E-state index < -0.39 is 6.10 Å². The van der Waals surface area contributed by atoms with Crippen LogP contribution in [0.1, 0.15) is 335 Å². The van der Waals surface area contributed by atoms with E-state index in [1.807, 2.05) is 0 Å². The van der Waals surface area contributed by atoms with Gasteiger partial charge in [-0.15, -0.1) is 0 Å². The van der Waals surface area contributed by atoms with Gasteiger partial charge in [-0.1, -0.05) is 318 Å². The maximum absolute atomic E-state index is 12.9. The van der Waals surface area contributed by atoms with Gasteiger partial charge >= 0.3 is 17.9 Å². The number of ether oxygens (including phenoxy) is 3. The summed E-state index contributed by atoms with van der Waals surface area (Å²) in [5, 5.41) is 0. The van der Waals surface area contributed by atoms with Crippen molar-refractivity contribution in [3.8, 4) is 0 Å². The minimum atomic E-state index is -0.776. The van der Waals surface area contributed by atoms with Crippen LogP contribution in [0.2, 0.25) is 0 Å². The van der Waals surface area contributed by atoms with Gasteiger partial charge in [-0.3, -0.25) is 14.4 Å². The number of hydrogen-bond acceptors (Lipinski definition) is 6. The molecule has 6 nitrogen and oxygen atoms in total. The Morgan fingerprint density at radius 2 is 0.513 bits per heavy atom. The quantitative estimate of drug-likeness (QED) is 0.0261. The van der Waals surface area contributed by atoms with Crippen LogP contribution in [0, 0.1) is 0 Å². The van der Waals surface area contributed by atoms with E-state index in [0.29, 0.717) is 19.3 Å². The van der Waals surface area contributed by atoms with Crippen LogP contribution >= 0.6 is 0 Å². The summed E-state index contributed by atoms with van der Waals surface area (Å²) in [4.78, 5) is 38.3. The molecule has 0 N–H and O–H groups in total. The van der Waals surface area contributed by atoms with E-state index in [1.54, 1.807) is 0 Å². The summed E-state index contributed by atoms with van der Waals surface area (Å²) >= 11 is 0. The molecule has 0 radical (unpaired) electrons. The molecule has 0 amide bonds. The summed E-state index contributed by atoms with van der Waals surface area (Å²) in [6, 6.07) is 0. The van der Waals surface area contributed by atoms with Crippen LogP contribution in [0.3, 0.4) is 0 Å². The summed E-state index contributed by atoms with van der Waals surface area (Å²) < 4.78 is 16.9. The Hall–Kier alpha value is -3.15. The average molecular weight is 1060 g/mol. The third-order valence-corrected chi connectivity index (χ3v) is 14.5. The molecule has 0 aliphatic heterocycles. The topological polar surface area (TPSA) is 78.9 Å². The summed E-state index contributed by atoms with van der Waals surface area (Å²) in [5.74, 6) is -0.862. The predicted molar refractivity (Wildman–Crippen MR) is 330 cm³/mol. The van der Waals surface area contributed by atoms with Gasteiger partial charge in [0.1, 0.15) is 13.2 Å². The molecular formula is C70H124O6. The van der Waals surface area contributed by atoms with E-state index in [4.69, 9.17) is 14.2 Å². The third kappa shape index (κ3) is 61.7. The lowest BCUT2D eigenvalue weighted by atomic mass is 10.0. The minimum absolute atomic E-state index is 0.0727. The van der Waals surface area contributed by atoms with Crippen LogP contribution in [0.15, 0.2) is 72.9 Å². The van der Waals surface area contributed by atoms with Gasteiger partial charge in [0, 0.05) is 19.3 Å². The maximum atomic E-state index is 12.9. The fraction of sp³-hybridized carbons (Fsp3) is 0.786. The Morgan fingerprint density at radius 1 is 0.276 bits per heavy atom. The summed E-state index contributed by atoms with van der Waals surface area (Å²) in [6.45, 7) is 6.56. The fourth-order valence-electron chi connectivity index (χ4n) is 9.57. The third-order valence-electron chi connectivity index (χ3n) is 14.5. The molecule has 0 aromatic carbocycles. The molecule has 0 saturated carbocycles. The highest BCUT2D eigenvalue weighted by atomic mass is 16.6. The van der Waals surface area contributed by atoms with Crippen LogP contribution in [0.5, 0.6) is 0 Å². The second kappa shape index (κ2) is 64.4. The second-order valence-electron chi connectivity index (χ2n) is 22.0. The molecule has 0 saturated heterocycles. The minimum Gasteiger partial charge on any atom is -0.462 e. The van der Waals surface area contributed by atoms with Crippen molar-refractivity contribution in [2.45, 2.75) is 341 Å². The molecule has 0 aromatic heterocycles. The molecule has 1 unspecified atom stereocenters. The smallest absolute Gasteiger partial charge is 0.306 e. The van der Waals surface area contributed by atoms with Crippen molar-refractivity contribution in [1.29, 1.82) is 0 Å². The van der Waals surface area contributed by atoms with Crippen molar-refractivity contribution >= 4 is 17.9 Å². The van der Waals surface area contributed by atoms with E-state index in [9.17, 15) is 14.4 Å². The van der Waals surface area contributed by atoms with Crippen molar-refractivity contribution in [1.82, 2.24) is 0 Å². The number of carbonyl (C=O) groups is 3. The molecule has 0 aliphatic carbocycles. The van der Waals surface area contributed by atoms with Crippen molar-refractivity contribution in [3.63, 3.8) is 0 Å². The number of hydrogen-bond donors (Lipinski definition) is 0. The van der Waals surface area contributed by atoms with Gasteiger partial charge in [-0.2, -0.15) is 0 Å². The zero-order valence-electron chi connectivity index (χ0n) is 50.5. The lowest BCUT2D eigenvalue weighted by Crippen LogP contribution is -2.30. The van der Waals surface area contributed by atoms with Crippen molar-refractivity contribution in [2.24, 2.45) is 0 Å². The monoisotopic (exact) mass is 1060 g/mol. The molecule has 6 heteroatoms. The Balaban J connectivity index is 4.28. The Labute approximate surface area is 472 Å². The van der Waals surface area contributed by atoms with Crippen molar-refractivity contribution < 1.29 is 28.6 Å². The molecule has 1 atom stereocenters. The largest absolute Gasteiger partial charge is 0.462 e. The zero-order valence-corrected chi connectivity index (χ0v) is 50.5. The van der Waals surface area contributed by atoms with Crippen LogP contribution in [0.25, 0.3) is 0 Å². The van der Waals surface area contributed by atoms with Crippen LogP contribution < -0.4 is 0 Å². The van der Waals surface area contributed by atoms with Crippen molar-refractivity contribution in [2.75, 3.05) is 13.2 Å². The Kier molecular flexibility index (Phi) is 61.7. The molecule has 440 valence electrons. The Morgan fingerprint density at radius 3 is 0.803 bits per heavy atom. The summed E-state index contributed by atoms with van der Waals surface area (Å²) in [7, 11) is 0. The number of unbranched alkanes of at least 4 members (excludes halogenated alkanes) is 37. The van der Waals surface area contributed by atoms with Gasteiger partial charge in [-0.05, 0) is 70.6 Å². The highest BCUT2D eigenvalue weighted by molar-refractivity contribution is 5.71. The maximum Gasteiger partial charge on any atom is 0.306 e. The van der Waals surface area contributed by atoms with Gasteiger partial charge in [-0.25, -0.2) is 0 Å². The highest BCUT2D eigenvalue weighted by Gasteiger charge is 2.19. The first kappa shape index (κ1) is 72.8. The predicted octanol–water partition coefficient (Wildman–Crippen LogP) is 22.5. The van der Waals surface area contributed by atoms with E-state index >= 15 is 0 Å². The highest BCUT2D eigenvalue weighted by Crippen LogP contribution is 2.17. The molecular weight excluding hydrogens is 937 g/mol. The molecule has 0 spiro atoms. The number of carbonyl (C=O) groups excluding carboxylic acids is 3. The molecule has 76 heavy (non-hydrogen) atoms. The number of esters is 3. The molecule has 0 aromatic rings. The van der Waals surface area contributed by atoms with Crippen LogP contribution in [0.4, 0.5) is 0 Å². The summed E-state index contributed by atoms with van der Waals surface area (Å²) in [5.41, 5.74) is 0. The molecule has 0 aliphatic rings. The van der Waals surface area contributed by atoms with Gasteiger partial charge in [0.2, 0.25) is 0 Å². The first-order chi connectivity index (χ1) is 37.5. The standard InChI is InChI=1S/C70H124O6/c1-4-7-10-13-16-19-22-25-27-29-31-32-33-34-35-36-37-38-40-41-43-45-48-51-54-57-60-63-69(72)75-66-67(65-74-68(71)62-59-56-53-50-47-24-21-18-15-12-9-6-3)76-70(73)64-61-58-55-52-49-46-44-42-39-30-28-26-23-20-17-14-11-8-5-2/h7,10,16,19,25,27,31-32,34-35,37-38,67H,4-6,8-9,11-15,17-18,20-24,26,28-30,33,36,39-66H2,1-3H3/b10-7-,19-16-,27-25-,32-31-,35-34-,38-37-.